The van der Waals surface area contributed by atoms with Gasteiger partial charge < -0.3 is 0 Å². The van der Waals surface area contributed by atoms with Gasteiger partial charge in [0, 0.05) is 0 Å². The summed E-state index contributed by atoms with van der Waals surface area (Å²) in [6.07, 6.45) is 13.1. The van der Waals surface area contributed by atoms with Crippen molar-refractivity contribution in [1.29, 1.82) is 0 Å². The molecule has 0 fully saturated rings. The van der Waals surface area contributed by atoms with Gasteiger partial charge >= 0.3 is 0 Å². The average Bonchev–Trinajstić information content (AvgIpc) is 2.03. The van der Waals surface area contributed by atoms with Crippen LogP contribution in [0.3, 0.4) is 0 Å². The molecule has 0 aromatic carbocycles. The molecule has 0 saturated carbocycles. The van der Waals surface area contributed by atoms with E-state index in [0.717, 1.165) is 5.92 Å². The Bertz CT molecular complexity index is 103. The fourth-order valence-electron chi connectivity index (χ4n) is 1.59. The van der Waals surface area contributed by atoms with Crippen molar-refractivity contribution in [2.75, 3.05) is 0 Å². The molecule has 1 rings (SSSR count). The Hall–Kier alpha value is -0.260. The highest BCUT2D eigenvalue weighted by Gasteiger charge is 2.06. The zero-order chi connectivity index (χ0) is 7.23. The summed E-state index contributed by atoms with van der Waals surface area (Å²) in [6.45, 7) is 2.27. The van der Waals surface area contributed by atoms with Gasteiger partial charge in [0.1, 0.15) is 0 Å². The molecule has 0 heterocycles. The Morgan fingerprint density at radius 1 is 1.50 bits per heavy atom. The average molecular weight is 138 g/mol. The van der Waals surface area contributed by atoms with E-state index in [1.807, 2.05) is 0 Å². The first-order valence-electron chi connectivity index (χ1n) is 4.60. The van der Waals surface area contributed by atoms with Gasteiger partial charge in [-0.15, -0.1) is 0 Å². The fraction of sp³-hybridized carbons (Fsp3) is 0.800. The Kier molecular flexibility index (Phi) is 3.56. The first-order valence-corrected chi connectivity index (χ1v) is 4.60. The lowest BCUT2D eigenvalue weighted by Crippen LogP contribution is -1.99. The van der Waals surface area contributed by atoms with Gasteiger partial charge in [-0.25, -0.2) is 0 Å². The van der Waals surface area contributed by atoms with Crippen LogP contribution in [0.2, 0.25) is 0 Å². The van der Waals surface area contributed by atoms with Crippen molar-refractivity contribution >= 4 is 0 Å². The van der Waals surface area contributed by atoms with E-state index < -0.39 is 0 Å². The highest BCUT2D eigenvalue weighted by Crippen LogP contribution is 2.21. The van der Waals surface area contributed by atoms with E-state index >= 15 is 0 Å². The normalized spacial score (nSPS) is 25.1. The molecule has 0 aliphatic heterocycles. The second kappa shape index (κ2) is 4.54. The Balaban J connectivity index is 2.13. The van der Waals surface area contributed by atoms with Gasteiger partial charge in [-0.3, -0.25) is 0 Å². The van der Waals surface area contributed by atoms with Crippen molar-refractivity contribution in [1.82, 2.24) is 0 Å². The molecule has 10 heavy (non-hydrogen) atoms. The number of hydrogen-bond donors (Lipinski definition) is 0. The van der Waals surface area contributed by atoms with Gasteiger partial charge in [0.25, 0.3) is 0 Å². The van der Waals surface area contributed by atoms with Crippen LogP contribution in [-0.4, -0.2) is 0 Å². The smallest absolute Gasteiger partial charge is 0.0233 e. The number of unbranched alkanes of at least 4 members (excludes halogenated alkanes) is 1. The summed E-state index contributed by atoms with van der Waals surface area (Å²) in [7, 11) is 0. The maximum atomic E-state index is 2.42. The zero-order valence-electron chi connectivity index (χ0n) is 6.97. The van der Waals surface area contributed by atoms with E-state index in [1.165, 1.54) is 38.5 Å². The van der Waals surface area contributed by atoms with Crippen molar-refractivity contribution in [3.8, 4) is 0 Å². The summed E-state index contributed by atoms with van der Waals surface area (Å²) in [5.74, 6) is 0.925. The summed E-state index contributed by atoms with van der Waals surface area (Å²) >= 11 is 0. The zero-order valence-corrected chi connectivity index (χ0v) is 6.97. The van der Waals surface area contributed by atoms with Crippen LogP contribution in [0.25, 0.3) is 0 Å². The highest BCUT2D eigenvalue weighted by molar-refractivity contribution is 4.92. The molecule has 0 aromatic rings. The maximum absolute atomic E-state index is 2.42. The van der Waals surface area contributed by atoms with Gasteiger partial charge in [-0.1, -0.05) is 31.9 Å². The van der Waals surface area contributed by atoms with E-state index in [-0.39, 0.29) is 0 Å². The Morgan fingerprint density at radius 2 is 2.40 bits per heavy atom. The Morgan fingerprint density at radius 3 is 3.00 bits per heavy atom. The molecule has 0 spiro atoms. The van der Waals surface area contributed by atoms with Crippen LogP contribution in [0.1, 0.15) is 45.4 Å². The molecule has 0 amide bonds. The first-order chi connectivity index (χ1) is 4.93. The molecular formula is C10H18. The number of rotatable bonds is 3. The van der Waals surface area contributed by atoms with Gasteiger partial charge in [0.05, 0.1) is 0 Å². The summed E-state index contributed by atoms with van der Waals surface area (Å²) in [4.78, 5) is 0. The third-order valence-corrected chi connectivity index (χ3v) is 2.28. The van der Waals surface area contributed by atoms with Crippen molar-refractivity contribution in [2.45, 2.75) is 45.4 Å². The molecule has 0 heteroatoms. The van der Waals surface area contributed by atoms with Crippen LogP contribution in [0.15, 0.2) is 12.2 Å². The molecule has 0 saturated heterocycles. The minimum atomic E-state index is 0.925. The monoisotopic (exact) mass is 138 g/mol. The van der Waals surface area contributed by atoms with Gasteiger partial charge in [-0.05, 0) is 31.6 Å². The largest absolute Gasteiger partial charge is 0.0883 e. The molecule has 1 aliphatic rings. The van der Waals surface area contributed by atoms with Crippen LogP contribution < -0.4 is 0 Å². The molecule has 0 N–H and O–H groups in total. The van der Waals surface area contributed by atoms with E-state index in [9.17, 15) is 0 Å². The second-order valence-electron chi connectivity index (χ2n) is 3.26. The van der Waals surface area contributed by atoms with Crippen molar-refractivity contribution in [3.63, 3.8) is 0 Å². The lowest BCUT2D eigenvalue weighted by atomic mass is 9.91. The SMILES string of the molecule is CCCC[C@H]1C=CCCC1. The predicted molar refractivity (Wildman–Crippen MR) is 46.0 cm³/mol. The summed E-state index contributed by atoms with van der Waals surface area (Å²) in [5, 5.41) is 0. The van der Waals surface area contributed by atoms with E-state index in [4.69, 9.17) is 0 Å². The molecule has 0 unspecified atom stereocenters. The predicted octanol–water partition coefficient (Wildman–Crippen LogP) is 3.53. The third kappa shape index (κ3) is 2.55. The molecule has 1 atom stereocenters. The van der Waals surface area contributed by atoms with Crippen molar-refractivity contribution in [3.05, 3.63) is 12.2 Å². The van der Waals surface area contributed by atoms with Gasteiger partial charge in [0.2, 0.25) is 0 Å². The van der Waals surface area contributed by atoms with Crippen LogP contribution in [0.4, 0.5) is 0 Å². The van der Waals surface area contributed by atoms with Crippen LogP contribution in [0.5, 0.6) is 0 Å². The molecular weight excluding hydrogens is 120 g/mol. The molecule has 0 radical (unpaired) electrons. The molecule has 1 aliphatic carbocycles. The highest BCUT2D eigenvalue weighted by atomic mass is 14.1. The lowest BCUT2D eigenvalue weighted by Gasteiger charge is -2.14. The number of allylic oxidation sites excluding steroid dienone is 2. The first kappa shape index (κ1) is 7.84. The van der Waals surface area contributed by atoms with E-state index in [2.05, 4.69) is 19.1 Å². The molecule has 58 valence electrons. The van der Waals surface area contributed by atoms with E-state index in [1.54, 1.807) is 0 Å². The van der Waals surface area contributed by atoms with Crippen molar-refractivity contribution < 1.29 is 0 Å². The summed E-state index contributed by atoms with van der Waals surface area (Å²) in [5.41, 5.74) is 0. The van der Waals surface area contributed by atoms with Crippen molar-refractivity contribution in [2.24, 2.45) is 5.92 Å². The van der Waals surface area contributed by atoms with E-state index in [0.29, 0.717) is 0 Å². The topological polar surface area (TPSA) is 0 Å². The van der Waals surface area contributed by atoms with Crippen LogP contribution in [-0.2, 0) is 0 Å². The summed E-state index contributed by atoms with van der Waals surface area (Å²) in [6, 6.07) is 0. The van der Waals surface area contributed by atoms with Gasteiger partial charge in [0.15, 0.2) is 0 Å². The second-order valence-corrected chi connectivity index (χ2v) is 3.26. The maximum Gasteiger partial charge on any atom is -0.0233 e. The Labute approximate surface area is 64.3 Å². The quantitative estimate of drug-likeness (QED) is 0.523. The van der Waals surface area contributed by atoms with Crippen LogP contribution in [0, 0.1) is 5.92 Å². The number of hydrogen-bond acceptors (Lipinski definition) is 0. The minimum absolute atomic E-state index is 0.925. The van der Waals surface area contributed by atoms with Crippen LogP contribution >= 0.6 is 0 Å². The fourth-order valence-corrected chi connectivity index (χ4v) is 1.59. The third-order valence-electron chi connectivity index (χ3n) is 2.28. The lowest BCUT2D eigenvalue weighted by molar-refractivity contribution is 0.486. The molecule has 0 aromatic heterocycles. The standard InChI is InChI=1S/C10H18/c1-2-3-7-10-8-5-4-6-9-10/h5,8,10H,2-4,6-7,9H2,1H3/t10-/m0/s1. The van der Waals surface area contributed by atoms with Gasteiger partial charge in [-0.2, -0.15) is 0 Å². The summed E-state index contributed by atoms with van der Waals surface area (Å²) < 4.78 is 0. The minimum Gasteiger partial charge on any atom is -0.0883 e. The molecule has 0 nitrogen and oxygen atoms in total. The molecule has 0 bridgehead atoms.